The van der Waals surface area contributed by atoms with Crippen molar-refractivity contribution in [3.63, 3.8) is 0 Å². The van der Waals surface area contributed by atoms with Gasteiger partial charge in [0.05, 0.1) is 28.1 Å². The number of pyridine rings is 2. The van der Waals surface area contributed by atoms with Gasteiger partial charge in [0.25, 0.3) is 20.0 Å². The fraction of sp³-hybridized carbons (Fsp3) is 0.0513. The average molecular weight is 842 g/mol. The molecule has 2 aromatic carbocycles. The summed E-state index contributed by atoms with van der Waals surface area (Å²) >= 11 is 0. The number of aliphatic carboxylic acids is 2. The minimum atomic E-state index is -4.18. The summed E-state index contributed by atoms with van der Waals surface area (Å²) in [7, 11) is -6.56. The predicted octanol–water partition coefficient (Wildman–Crippen LogP) is 4.84. The lowest BCUT2D eigenvalue weighted by Gasteiger charge is -2.11. The number of hydrogen-bond donors (Lipinski definition) is 3. The van der Waals surface area contributed by atoms with E-state index >= 15 is 0 Å². The molecule has 0 aliphatic carbocycles. The van der Waals surface area contributed by atoms with Gasteiger partial charge in [-0.05, 0) is 55.6 Å². The molecule has 0 radical (unpaired) electrons. The van der Waals surface area contributed by atoms with Gasteiger partial charge < -0.3 is 15.5 Å². The SMILES string of the molecule is CNCc1cn(S(=O)(=O)c2cccnc2)c(-c2ccccc2F)c1C#N.N#Cc1c(C=O)cn(S(=O)(=O)c2cccnc2)c1-c1ccccc1F.O=C(O)/C=C/C(=O)O. The Morgan fingerprint density at radius 2 is 1.17 bits per heavy atom. The van der Waals surface area contributed by atoms with E-state index in [4.69, 9.17) is 10.2 Å². The van der Waals surface area contributed by atoms with Crippen LogP contribution in [0.25, 0.3) is 22.5 Å². The summed E-state index contributed by atoms with van der Waals surface area (Å²) in [5.41, 5.74) is -0.0526. The van der Waals surface area contributed by atoms with Crippen molar-refractivity contribution >= 4 is 38.3 Å². The van der Waals surface area contributed by atoms with Crippen molar-refractivity contribution in [1.29, 1.82) is 10.5 Å². The van der Waals surface area contributed by atoms with Crippen molar-refractivity contribution in [3.8, 4) is 34.7 Å². The van der Waals surface area contributed by atoms with Crippen molar-refractivity contribution in [2.45, 2.75) is 16.3 Å². The Morgan fingerprint density at radius 3 is 1.54 bits per heavy atom. The summed E-state index contributed by atoms with van der Waals surface area (Å²) < 4.78 is 82.4. The lowest BCUT2D eigenvalue weighted by molar-refractivity contribution is -0.134. The molecule has 59 heavy (non-hydrogen) atoms. The first-order chi connectivity index (χ1) is 28.1. The third-order valence-corrected chi connectivity index (χ3v) is 11.1. The second-order valence-corrected chi connectivity index (χ2v) is 15.1. The number of carbonyl (C=O) groups excluding carboxylic acids is 1. The highest BCUT2D eigenvalue weighted by molar-refractivity contribution is 7.90. The van der Waals surface area contributed by atoms with E-state index in [0.29, 0.717) is 24.0 Å². The number of aldehydes is 1. The number of hydrogen-bond acceptors (Lipinski definition) is 12. The van der Waals surface area contributed by atoms with Crippen LogP contribution in [0, 0.1) is 34.3 Å². The standard InChI is InChI=1S/C18H15FN4O2S.C17H10FN3O3S.C4H4O4/c1-21-10-13-12-23(26(24,25)14-5-4-8-22-11-14)18(16(13)9-20)15-6-2-3-7-17(15)19;18-16-6-2-1-5-14(16)17-15(8-19)12(11-22)10-21(17)25(23,24)13-4-3-7-20-9-13;5-3(6)1-2-4(7)8/h2-8,11-12,21H,10H2,1H3;1-7,9-11H;1-2H,(H,5,6)(H,7,8)/b;;2-1+. The van der Waals surface area contributed by atoms with E-state index in [1.807, 2.05) is 6.07 Å². The summed E-state index contributed by atoms with van der Waals surface area (Å²) in [5.74, 6) is -3.84. The fourth-order valence-corrected chi connectivity index (χ4v) is 7.97. The molecule has 0 bridgehead atoms. The number of nitrogens with zero attached hydrogens (tertiary/aromatic N) is 6. The van der Waals surface area contributed by atoms with Gasteiger partial charge in [-0.3, -0.25) is 14.8 Å². The minimum absolute atomic E-state index is 0.000275. The molecule has 300 valence electrons. The maximum absolute atomic E-state index is 14.4. The van der Waals surface area contributed by atoms with Crippen LogP contribution in [-0.4, -0.2) is 70.2 Å². The third kappa shape index (κ3) is 10.0. The molecule has 3 N–H and O–H groups in total. The average Bonchev–Trinajstić information content (AvgIpc) is 3.81. The van der Waals surface area contributed by atoms with Crippen LogP contribution < -0.4 is 5.32 Å². The summed E-state index contributed by atoms with van der Waals surface area (Å²) in [6.45, 7) is 0.264. The lowest BCUT2D eigenvalue weighted by atomic mass is 10.1. The second kappa shape index (κ2) is 19.5. The van der Waals surface area contributed by atoms with Crippen LogP contribution in [0.3, 0.4) is 0 Å². The predicted molar refractivity (Wildman–Crippen MR) is 205 cm³/mol. The van der Waals surface area contributed by atoms with E-state index in [9.17, 15) is 50.5 Å². The number of carboxylic acids is 2. The number of nitriles is 2. The number of aromatic nitrogens is 4. The molecule has 4 aromatic heterocycles. The summed E-state index contributed by atoms with van der Waals surface area (Å²) in [4.78, 5) is 37.8. The fourth-order valence-electron chi connectivity index (χ4n) is 5.25. The number of benzene rings is 2. The van der Waals surface area contributed by atoms with Gasteiger partial charge in [-0.1, -0.05) is 24.3 Å². The normalized spacial score (nSPS) is 10.9. The van der Waals surface area contributed by atoms with Crippen LogP contribution in [0.5, 0.6) is 0 Å². The van der Waals surface area contributed by atoms with Gasteiger partial charge in [-0.25, -0.2) is 43.2 Å². The zero-order valence-electron chi connectivity index (χ0n) is 30.3. The number of nitrogens with one attached hydrogen (secondary N) is 1. The van der Waals surface area contributed by atoms with Crippen LogP contribution in [0.1, 0.15) is 27.0 Å². The highest BCUT2D eigenvalue weighted by Crippen LogP contribution is 2.34. The quantitative estimate of drug-likeness (QED) is 0.117. The first-order valence-corrected chi connectivity index (χ1v) is 19.4. The molecule has 20 heteroatoms. The molecule has 0 aliphatic rings. The number of halogens is 2. The van der Waals surface area contributed by atoms with E-state index in [2.05, 4.69) is 15.3 Å². The van der Waals surface area contributed by atoms with Crippen LogP contribution in [0.15, 0.2) is 132 Å². The summed E-state index contributed by atoms with van der Waals surface area (Å²) in [6.07, 6.45) is 9.04. The van der Waals surface area contributed by atoms with Gasteiger partial charge in [-0.15, -0.1) is 0 Å². The Labute approximate surface area is 335 Å². The topological polar surface area (TPSA) is 255 Å². The second-order valence-electron chi connectivity index (χ2n) is 11.5. The molecule has 0 spiro atoms. The minimum Gasteiger partial charge on any atom is -0.478 e. The van der Waals surface area contributed by atoms with E-state index in [-0.39, 0.29) is 55.5 Å². The smallest absolute Gasteiger partial charge is 0.328 e. The van der Waals surface area contributed by atoms with Crippen molar-refractivity contribution in [3.05, 3.63) is 156 Å². The number of rotatable bonds is 11. The molecule has 0 fully saturated rings. The van der Waals surface area contributed by atoms with E-state index in [0.717, 1.165) is 26.4 Å². The maximum Gasteiger partial charge on any atom is 0.328 e. The Morgan fingerprint density at radius 1 is 0.729 bits per heavy atom. The molecule has 0 unspecified atom stereocenters. The van der Waals surface area contributed by atoms with Gasteiger partial charge in [0.15, 0.2) is 6.29 Å². The highest BCUT2D eigenvalue weighted by Gasteiger charge is 2.29. The van der Waals surface area contributed by atoms with Crippen LogP contribution in [-0.2, 0) is 36.2 Å². The molecule has 0 aliphatic heterocycles. The van der Waals surface area contributed by atoms with E-state index in [1.165, 1.54) is 85.5 Å². The Hall–Kier alpha value is -7.65. The number of carboxylic acid groups (broad SMARTS) is 2. The van der Waals surface area contributed by atoms with Crippen molar-refractivity contribution in [2.24, 2.45) is 0 Å². The van der Waals surface area contributed by atoms with Crippen molar-refractivity contribution in [2.75, 3.05) is 7.05 Å². The molecule has 6 rings (SSSR count). The zero-order valence-corrected chi connectivity index (χ0v) is 32.0. The molecule has 0 saturated heterocycles. The Kier molecular flexibility index (Phi) is 14.5. The Balaban J connectivity index is 0.000000221. The van der Waals surface area contributed by atoms with Gasteiger partial charge in [0.1, 0.15) is 33.6 Å². The van der Waals surface area contributed by atoms with Gasteiger partial charge >= 0.3 is 11.9 Å². The Bertz CT molecular complexity index is 2830. The van der Waals surface area contributed by atoms with E-state index < -0.39 is 43.6 Å². The molecule has 0 saturated carbocycles. The molecule has 16 nitrogen and oxygen atoms in total. The zero-order chi connectivity index (χ0) is 43.3. The summed E-state index contributed by atoms with van der Waals surface area (Å²) in [6, 6.07) is 20.6. The molecule has 0 amide bonds. The van der Waals surface area contributed by atoms with E-state index in [1.54, 1.807) is 19.2 Å². The molecule has 4 heterocycles. The molecule has 0 atom stereocenters. The molecular weight excluding hydrogens is 813 g/mol. The third-order valence-electron chi connectivity index (χ3n) is 7.78. The maximum atomic E-state index is 14.4. The van der Waals surface area contributed by atoms with Crippen LogP contribution >= 0.6 is 0 Å². The molecular formula is C39H29F2N7O9S2. The first kappa shape index (κ1) is 44.1. The summed E-state index contributed by atoms with van der Waals surface area (Å²) in [5, 5.41) is 37.5. The van der Waals surface area contributed by atoms with Gasteiger partial charge in [0.2, 0.25) is 0 Å². The van der Waals surface area contributed by atoms with Crippen molar-refractivity contribution in [1.82, 2.24) is 23.2 Å². The first-order valence-electron chi connectivity index (χ1n) is 16.5. The largest absolute Gasteiger partial charge is 0.478 e. The van der Waals surface area contributed by atoms with Gasteiger partial charge in [0, 0.05) is 72.6 Å². The monoisotopic (exact) mass is 841 g/mol. The highest BCUT2D eigenvalue weighted by atomic mass is 32.2. The van der Waals surface area contributed by atoms with Gasteiger partial charge in [-0.2, -0.15) is 10.5 Å². The molecule has 6 aromatic rings. The number of carbonyl (C=O) groups is 3. The lowest BCUT2D eigenvalue weighted by Crippen LogP contribution is -2.14. The van der Waals surface area contributed by atoms with Crippen LogP contribution in [0.2, 0.25) is 0 Å². The van der Waals surface area contributed by atoms with Crippen molar-refractivity contribution < 1.29 is 50.2 Å². The van der Waals surface area contributed by atoms with Crippen LogP contribution in [0.4, 0.5) is 8.78 Å².